The summed E-state index contributed by atoms with van der Waals surface area (Å²) in [7, 11) is 0. The van der Waals surface area contributed by atoms with Crippen LogP contribution in [0.5, 0.6) is 5.75 Å². The molecular formula is C24H25FO. The third-order valence-electron chi connectivity index (χ3n) is 4.63. The molecule has 0 bridgehead atoms. The Morgan fingerprint density at radius 1 is 0.962 bits per heavy atom. The third kappa shape index (κ3) is 4.13. The molecule has 3 aromatic carbocycles. The van der Waals surface area contributed by atoms with Gasteiger partial charge in [-0.25, -0.2) is 4.39 Å². The van der Waals surface area contributed by atoms with Gasteiger partial charge in [0.1, 0.15) is 6.61 Å². The van der Waals surface area contributed by atoms with E-state index in [9.17, 15) is 4.39 Å². The second kappa shape index (κ2) is 8.66. The number of benzene rings is 3. The van der Waals surface area contributed by atoms with E-state index < -0.39 is 0 Å². The first kappa shape index (κ1) is 18.2. The molecule has 0 aromatic heterocycles. The van der Waals surface area contributed by atoms with Crippen LogP contribution in [0.4, 0.5) is 4.39 Å². The van der Waals surface area contributed by atoms with Crippen molar-refractivity contribution in [2.24, 2.45) is 0 Å². The highest BCUT2D eigenvalue weighted by Gasteiger charge is 2.09. The Hall–Kier alpha value is -2.61. The normalized spacial score (nSPS) is 10.8. The van der Waals surface area contributed by atoms with Gasteiger partial charge in [0.05, 0.1) is 0 Å². The number of aryl methyl sites for hydroxylation is 1. The van der Waals surface area contributed by atoms with Gasteiger partial charge >= 0.3 is 0 Å². The van der Waals surface area contributed by atoms with Gasteiger partial charge in [0.2, 0.25) is 0 Å². The molecule has 0 unspecified atom stereocenters. The molecule has 0 saturated heterocycles. The fourth-order valence-electron chi connectivity index (χ4n) is 3.15. The fraction of sp³-hybridized carbons (Fsp3) is 0.250. The van der Waals surface area contributed by atoms with Gasteiger partial charge in [-0.3, -0.25) is 0 Å². The molecule has 0 fully saturated rings. The Bertz CT molecular complexity index is 881. The molecule has 0 N–H and O–H groups in total. The van der Waals surface area contributed by atoms with Crippen LogP contribution in [-0.4, -0.2) is 6.61 Å². The lowest BCUT2D eigenvalue weighted by Crippen LogP contribution is -1.96. The first-order chi connectivity index (χ1) is 12.7. The first-order valence-corrected chi connectivity index (χ1v) is 9.28. The van der Waals surface area contributed by atoms with Gasteiger partial charge in [0.25, 0.3) is 0 Å². The molecule has 26 heavy (non-hydrogen) atoms. The first-order valence-electron chi connectivity index (χ1n) is 9.28. The Kier molecular flexibility index (Phi) is 6.06. The van der Waals surface area contributed by atoms with Gasteiger partial charge in [-0.05, 0) is 47.1 Å². The Morgan fingerprint density at radius 3 is 2.46 bits per heavy atom. The summed E-state index contributed by atoms with van der Waals surface area (Å²) >= 11 is 0. The molecule has 0 amide bonds. The molecule has 3 rings (SSSR count). The lowest BCUT2D eigenvalue weighted by atomic mass is 9.98. The number of fused-ring (bicyclic) bond motifs is 1. The zero-order valence-corrected chi connectivity index (χ0v) is 15.3. The van der Waals surface area contributed by atoms with E-state index in [2.05, 4.69) is 37.8 Å². The minimum absolute atomic E-state index is 0.265. The number of halogens is 1. The summed E-state index contributed by atoms with van der Waals surface area (Å²) in [6.45, 7) is 6.11. The van der Waals surface area contributed by atoms with Gasteiger partial charge in [-0.15, -0.1) is 0 Å². The highest BCUT2D eigenvalue weighted by atomic mass is 19.1. The van der Waals surface area contributed by atoms with Crippen LogP contribution in [0.2, 0.25) is 0 Å². The SMILES string of the molecule is C=CCOc1ccc2cc(-c3ccc(CCCCC)cc3)ccc2c1F. The summed E-state index contributed by atoms with van der Waals surface area (Å²) in [5, 5.41) is 1.45. The molecule has 0 radical (unpaired) electrons. The van der Waals surface area contributed by atoms with Crippen molar-refractivity contribution < 1.29 is 9.13 Å². The highest BCUT2D eigenvalue weighted by molar-refractivity contribution is 5.89. The number of hydrogen-bond donors (Lipinski definition) is 0. The maximum absolute atomic E-state index is 14.6. The molecule has 3 aromatic rings. The topological polar surface area (TPSA) is 9.23 Å². The van der Waals surface area contributed by atoms with Crippen LogP contribution in [0, 0.1) is 5.82 Å². The Labute approximate surface area is 155 Å². The Morgan fingerprint density at radius 2 is 1.73 bits per heavy atom. The minimum atomic E-state index is -0.317. The molecular weight excluding hydrogens is 323 g/mol. The van der Waals surface area contributed by atoms with Crippen molar-refractivity contribution in [1.82, 2.24) is 0 Å². The quantitative estimate of drug-likeness (QED) is 0.316. The van der Waals surface area contributed by atoms with Crippen molar-refractivity contribution in [1.29, 1.82) is 0 Å². The van der Waals surface area contributed by atoms with Gasteiger partial charge in [0, 0.05) is 5.39 Å². The summed E-state index contributed by atoms with van der Waals surface area (Å²) < 4.78 is 19.9. The van der Waals surface area contributed by atoms with Crippen LogP contribution < -0.4 is 4.74 Å². The van der Waals surface area contributed by atoms with Crippen molar-refractivity contribution in [2.75, 3.05) is 6.61 Å². The number of hydrogen-bond acceptors (Lipinski definition) is 1. The summed E-state index contributed by atoms with van der Waals surface area (Å²) in [6.07, 6.45) is 6.49. The van der Waals surface area contributed by atoms with Gasteiger partial charge < -0.3 is 4.74 Å². The van der Waals surface area contributed by atoms with E-state index in [-0.39, 0.29) is 11.6 Å². The van der Waals surface area contributed by atoms with Crippen molar-refractivity contribution >= 4 is 10.8 Å². The monoisotopic (exact) mass is 348 g/mol. The zero-order chi connectivity index (χ0) is 18.4. The summed E-state index contributed by atoms with van der Waals surface area (Å²) in [4.78, 5) is 0. The van der Waals surface area contributed by atoms with Gasteiger partial charge in [-0.1, -0.05) is 74.9 Å². The molecule has 0 aliphatic rings. The molecule has 1 nitrogen and oxygen atoms in total. The standard InChI is InChI=1S/C24H25FO/c1-3-5-6-7-18-8-10-19(11-9-18)20-12-14-22-21(17-20)13-15-23(24(22)25)26-16-4-2/h4,8-15,17H,2-3,5-7,16H2,1H3. The molecule has 0 aliphatic carbocycles. The number of ether oxygens (including phenoxy) is 1. The van der Waals surface area contributed by atoms with E-state index in [0.29, 0.717) is 12.0 Å². The van der Waals surface area contributed by atoms with Crippen LogP contribution in [0.3, 0.4) is 0 Å². The highest BCUT2D eigenvalue weighted by Crippen LogP contribution is 2.30. The summed E-state index contributed by atoms with van der Waals surface area (Å²) in [5.74, 6) is -0.0521. The predicted octanol–water partition coefficient (Wildman–Crippen LogP) is 6.94. The van der Waals surface area contributed by atoms with Crippen molar-refractivity contribution in [2.45, 2.75) is 32.6 Å². The average molecular weight is 348 g/mol. The van der Waals surface area contributed by atoms with E-state index >= 15 is 0 Å². The number of unbranched alkanes of at least 4 members (excludes halogenated alkanes) is 2. The van der Waals surface area contributed by atoms with Crippen LogP contribution in [0.25, 0.3) is 21.9 Å². The lowest BCUT2D eigenvalue weighted by Gasteiger charge is -2.09. The van der Waals surface area contributed by atoms with Crippen LogP contribution in [-0.2, 0) is 6.42 Å². The predicted molar refractivity (Wildman–Crippen MR) is 108 cm³/mol. The molecule has 0 saturated carbocycles. The van der Waals surface area contributed by atoms with E-state index in [1.165, 1.54) is 24.8 Å². The summed E-state index contributed by atoms with van der Waals surface area (Å²) in [5.41, 5.74) is 3.62. The molecule has 0 heterocycles. The second-order valence-electron chi connectivity index (χ2n) is 6.57. The molecule has 134 valence electrons. The van der Waals surface area contributed by atoms with E-state index in [0.717, 1.165) is 22.9 Å². The van der Waals surface area contributed by atoms with E-state index in [4.69, 9.17) is 4.74 Å². The van der Waals surface area contributed by atoms with Crippen LogP contribution in [0.15, 0.2) is 67.3 Å². The average Bonchev–Trinajstić information content (AvgIpc) is 2.68. The lowest BCUT2D eigenvalue weighted by molar-refractivity contribution is 0.344. The smallest absolute Gasteiger partial charge is 0.172 e. The fourth-order valence-corrected chi connectivity index (χ4v) is 3.15. The van der Waals surface area contributed by atoms with Crippen molar-refractivity contribution in [3.05, 3.63) is 78.6 Å². The minimum Gasteiger partial charge on any atom is -0.486 e. The maximum atomic E-state index is 14.6. The molecule has 0 aliphatic heterocycles. The summed E-state index contributed by atoms with van der Waals surface area (Å²) in [6, 6.07) is 18.1. The van der Waals surface area contributed by atoms with Crippen LogP contribution >= 0.6 is 0 Å². The third-order valence-corrected chi connectivity index (χ3v) is 4.63. The Balaban J connectivity index is 1.83. The van der Waals surface area contributed by atoms with E-state index in [1.54, 1.807) is 12.1 Å². The van der Waals surface area contributed by atoms with Gasteiger partial charge in [0.15, 0.2) is 11.6 Å². The molecule has 0 spiro atoms. The zero-order valence-electron chi connectivity index (χ0n) is 15.3. The number of rotatable bonds is 8. The maximum Gasteiger partial charge on any atom is 0.172 e. The second-order valence-corrected chi connectivity index (χ2v) is 6.57. The van der Waals surface area contributed by atoms with E-state index in [1.807, 2.05) is 24.3 Å². The van der Waals surface area contributed by atoms with Crippen LogP contribution in [0.1, 0.15) is 31.7 Å². The largest absolute Gasteiger partial charge is 0.486 e. The van der Waals surface area contributed by atoms with Crippen molar-refractivity contribution in [3.63, 3.8) is 0 Å². The molecule has 2 heteroatoms. The van der Waals surface area contributed by atoms with Gasteiger partial charge in [-0.2, -0.15) is 0 Å². The van der Waals surface area contributed by atoms with Crippen molar-refractivity contribution in [3.8, 4) is 16.9 Å². The molecule has 0 atom stereocenters.